The van der Waals surface area contributed by atoms with Crippen molar-refractivity contribution in [3.63, 3.8) is 0 Å². The van der Waals surface area contributed by atoms with Gasteiger partial charge in [0.05, 0.1) is 0 Å². The number of hydrogen-bond acceptors (Lipinski definition) is 1. The van der Waals surface area contributed by atoms with Crippen molar-refractivity contribution >= 4 is 15.9 Å². The van der Waals surface area contributed by atoms with Crippen LogP contribution in [0.5, 0.6) is 5.75 Å². The van der Waals surface area contributed by atoms with Gasteiger partial charge in [-0.2, -0.15) is 0 Å². The van der Waals surface area contributed by atoms with Crippen molar-refractivity contribution in [1.82, 2.24) is 0 Å². The average Bonchev–Trinajstić information content (AvgIpc) is 2.33. The van der Waals surface area contributed by atoms with Gasteiger partial charge in [-0.1, -0.05) is 52.3 Å². The van der Waals surface area contributed by atoms with E-state index in [9.17, 15) is 5.11 Å². The predicted octanol–water partition coefficient (Wildman–Crippen LogP) is 3.88. The minimum atomic E-state index is 0.318. The third-order valence-electron chi connectivity index (χ3n) is 2.52. The first-order chi connectivity index (χ1) is 7.78. The third-order valence-corrected chi connectivity index (χ3v) is 3.17. The number of halogens is 1. The molecule has 0 fully saturated rings. The molecule has 2 aromatic carbocycles. The van der Waals surface area contributed by atoms with Gasteiger partial charge in [-0.05, 0) is 35.2 Å². The molecule has 0 atom stereocenters. The van der Waals surface area contributed by atoms with Crippen LogP contribution in [0.3, 0.4) is 0 Å². The Labute approximate surface area is 104 Å². The monoisotopic (exact) mass is 276 g/mol. The maximum absolute atomic E-state index is 9.19. The summed E-state index contributed by atoms with van der Waals surface area (Å²) in [6.45, 7) is 0. The first-order valence-corrected chi connectivity index (χ1v) is 6.32. The van der Waals surface area contributed by atoms with Crippen molar-refractivity contribution in [3.05, 3.63) is 65.2 Å². The molecule has 0 unspecified atom stereocenters. The molecule has 0 heterocycles. The van der Waals surface area contributed by atoms with E-state index in [4.69, 9.17) is 0 Å². The van der Waals surface area contributed by atoms with Gasteiger partial charge < -0.3 is 5.11 Å². The summed E-state index contributed by atoms with van der Waals surface area (Å²) in [6, 6.07) is 15.9. The summed E-state index contributed by atoms with van der Waals surface area (Å²) in [5.74, 6) is 0.318. The number of phenolic OH excluding ortho intramolecular Hbond substituents is 1. The van der Waals surface area contributed by atoms with Crippen molar-refractivity contribution in [2.75, 3.05) is 0 Å². The van der Waals surface area contributed by atoms with Crippen molar-refractivity contribution in [2.24, 2.45) is 0 Å². The van der Waals surface area contributed by atoms with Crippen LogP contribution in [0.2, 0.25) is 0 Å². The van der Waals surface area contributed by atoms with Crippen LogP contribution in [0.4, 0.5) is 0 Å². The largest absolute Gasteiger partial charge is 0.508 e. The van der Waals surface area contributed by atoms with E-state index in [0.29, 0.717) is 5.75 Å². The topological polar surface area (TPSA) is 20.2 Å². The van der Waals surface area contributed by atoms with Gasteiger partial charge in [0.2, 0.25) is 0 Å². The highest BCUT2D eigenvalue weighted by molar-refractivity contribution is 9.08. The van der Waals surface area contributed by atoms with E-state index < -0.39 is 0 Å². The van der Waals surface area contributed by atoms with Crippen LogP contribution in [0.25, 0.3) is 0 Å². The van der Waals surface area contributed by atoms with E-state index in [0.717, 1.165) is 11.8 Å². The molecule has 82 valence electrons. The Morgan fingerprint density at radius 1 is 0.750 bits per heavy atom. The lowest BCUT2D eigenvalue weighted by Gasteiger charge is -2.03. The molecule has 0 radical (unpaired) electrons. The number of phenols is 1. The Morgan fingerprint density at radius 3 is 1.69 bits per heavy atom. The highest BCUT2D eigenvalue weighted by Gasteiger charge is 1.97. The highest BCUT2D eigenvalue weighted by atomic mass is 79.9. The number of hydrogen-bond donors (Lipinski definition) is 1. The van der Waals surface area contributed by atoms with Gasteiger partial charge in [0.25, 0.3) is 0 Å². The molecule has 0 spiro atoms. The summed E-state index contributed by atoms with van der Waals surface area (Å²) >= 11 is 3.43. The van der Waals surface area contributed by atoms with Crippen molar-refractivity contribution in [3.8, 4) is 5.75 Å². The lowest BCUT2D eigenvalue weighted by atomic mass is 10.0. The normalized spacial score (nSPS) is 10.3. The fourth-order valence-electron chi connectivity index (χ4n) is 1.60. The Morgan fingerprint density at radius 2 is 1.19 bits per heavy atom. The van der Waals surface area contributed by atoms with E-state index in [1.165, 1.54) is 16.7 Å². The Balaban J connectivity index is 2.11. The minimum Gasteiger partial charge on any atom is -0.508 e. The Hall–Kier alpha value is -1.28. The van der Waals surface area contributed by atoms with Crippen LogP contribution in [0.1, 0.15) is 16.7 Å². The van der Waals surface area contributed by atoms with Gasteiger partial charge in [0.1, 0.15) is 5.75 Å². The van der Waals surface area contributed by atoms with Crippen molar-refractivity contribution in [2.45, 2.75) is 11.8 Å². The van der Waals surface area contributed by atoms with Crippen molar-refractivity contribution in [1.29, 1.82) is 0 Å². The standard InChI is InChI=1S/C14H13BrO/c15-10-13-3-1-11(2-4-13)9-12-5-7-14(16)8-6-12/h1-8,16H,9-10H2. The van der Waals surface area contributed by atoms with Crippen LogP contribution in [-0.4, -0.2) is 5.11 Å². The molecule has 0 bridgehead atoms. The molecule has 0 aromatic heterocycles. The van der Waals surface area contributed by atoms with Crippen molar-refractivity contribution < 1.29 is 5.11 Å². The summed E-state index contributed by atoms with van der Waals surface area (Å²) in [4.78, 5) is 0. The van der Waals surface area contributed by atoms with E-state index in [2.05, 4.69) is 40.2 Å². The SMILES string of the molecule is Oc1ccc(Cc2ccc(CBr)cc2)cc1. The molecule has 2 heteroatoms. The summed E-state index contributed by atoms with van der Waals surface area (Å²) in [5, 5.41) is 10.1. The average molecular weight is 277 g/mol. The van der Waals surface area contributed by atoms with Gasteiger partial charge >= 0.3 is 0 Å². The fourth-order valence-corrected chi connectivity index (χ4v) is 1.97. The smallest absolute Gasteiger partial charge is 0.115 e. The molecule has 2 rings (SSSR count). The van der Waals surface area contributed by atoms with E-state index in [1.807, 2.05) is 12.1 Å². The van der Waals surface area contributed by atoms with Gasteiger partial charge in [0.15, 0.2) is 0 Å². The second-order valence-electron chi connectivity index (χ2n) is 3.79. The third kappa shape index (κ3) is 2.86. The van der Waals surface area contributed by atoms with Crippen LogP contribution in [-0.2, 0) is 11.8 Å². The molecule has 2 aromatic rings. The first kappa shape index (κ1) is 11.2. The van der Waals surface area contributed by atoms with E-state index >= 15 is 0 Å². The maximum Gasteiger partial charge on any atom is 0.115 e. The summed E-state index contributed by atoms with van der Waals surface area (Å²) in [6.07, 6.45) is 0.906. The van der Waals surface area contributed by atoms with Crippen LogP contribution >= 0.6 is 15.9 Å². The second kappa shape index (κ2) is 5.17. The number of alkyl halides is 1. The quantitative estimate of drug-likeness (QED) is 0.844. The molecule has 0 amide bonds. The highest BCUT2D eigenvalue weighted by Crippen LogP contribution is 2.15. The van der Waals surface area contributed by atoms with Crippen LogP contribution < -0.4 is 0 Å². The fraction of sp³-hybridized carbons (Fsp3) is 0.143. The summed E-state index contributed by atoms with van der Waals surface area (Å²) < 4.78 is 0. The Bertz CT molecular complexity index is 445. The van der Waals surface area contributed by atoms with Gasteiger partial charge in [-0.15, -0.1) is 0 Å². The zero-order valence-electron chi connectivity index (χ0n) is 8.86. The molecule has 0 saturated heterocycles. The molecule has 0 aliphatic rings. The minimum absolute atomic E-state index is 0.318. The van der Waals surface area contributed by atoms with E-state index in [-0.39, 0.29) is 0 Å². The number of rotatable bonds is 3. The lowest BCUT2D eigenvalue weighted by molar-refractivity contribution is 0.475. The number of benzene rings is 2. The molecule has 1 N–H and O–H groups in total. The van der Waals surface area contributed by atoms with Gasteiger partial charge in [-0.25, -0.2) is 0 Å². The Kier molecular flexibility index (Phi) is 3.62. The van der Waals surface area contributed by atoms with Gasteiger partial charge in [-0.3, -0.25) is 0 Å². The summed E-state index contributed by atoms with van der Waals surface area (Å²) in [7, 11) is 0. The molecule has 0 aliphatic carbocycles. The zero-order chi connectivity index (χ0) is 11.4. The van der Waals surface area contributed by atoms with Crippen LogP contribution in [0.15, 0.2) is 48.5 Å². The summed E-state index contributed by atoms with van der Waals surface area (Å²) in [5.41, 5.74) is 3.79. The predicted molar refractivity (Wildman–Crippen MR) is 70.0 cm³/mol. The molecule has 0 saturated carbocycles. The molecular formula is C14H13BrO. The zero-order valence-corrected chi connectivity index (χ0v) is 10.4. The van der Waals surface area contributed by atoms with Gasteiger partial charge in [0, 0.05) is 5.33 Å². The first-order valence-electron chi connectivity index (χ1n) is 5.19. The number of aromatic hydroxyl groups is 1. The molecule has 16 heavy (non-hydrogen) atoms. The molecule has 1 nitrogen and oxygen atoms in total. The molecular weight excluding hydrogens is 264 g/mol. The molecule has 0 aliphatic heterocycles. The van der Waals surface area contributed by atoms with Crippen LogP contribution in [0, 0.1) is 0 Å². The maximum atomic E-state index is 9.19. The second-order valence-corrected chi connectivity index (χ2v) is 4.35. The van der Waals surface area contributed by atoms with E-state index in [1.54, 1.807) is 12.1 Å². The lowest BCUT2D eigenvalue weighted by Crippen LogP contribution is -1.88.